The van der Waals surface area contributed by atoms with Crippen molar-refractivity contribution in [2.24, 2.45) is 0 Å². The fourth-order valence-corrected chi connectivity index (χ4v) is 2.89. The molecule has 0 spiro atoms. The average Bonchev–Trinajstić information content (AvgIpc) is 2.79. The fraction of sp³-hybridized carbons (Fsp3) is 0.286. The first-order chi connectivity index (χ1) is 10.4. The van der Waals surface area contributed by atoms with Gasteiger partial charge in [0.2, 0.25) is 5.91 Å². The van der Waals surface area contributed by atoms with Crippen LogP contribution in [-0.2, 0) is 4.79 Å². The van der Waals surface area contributed by atoms with E-state index < -0.39 is 0 Å². The molecule has 0 aromatic carbocycles. The van der Waals surface area contributed by atoms with Crippen molar-refractivity contribution in [2.45, 2.75) is 13.8 Å². The highest BCUT2D eigenvalue weighted by Gasteiger charge is 2.20. The lowest BCUT2D eigenvalue weighted by atomic mass is 10.3. The van der Waals surface area contributed by atoms with Crippen LogP contribution in [0.4, 0.5) is 5.82 Å². The van der Waals surface area contributed by atoms with Crippen molar-refractivity contribution in [3.63, 3.8) is 0 Å². The van der Waals surface area contributed by atoms with Crippen LogP contribution < -0.4 is 5.32 Å². The summed E-state index contributed by atoms with van der Waals surface area (Å²) in [7, 11) is 1.55. The first-order valence-electron chi connectivity index (χ1n) is 6.47. The van der Waals surface area contributed by atoms with Gasteiger partial charge in [-0.05, 0) is 25.5 Å². The minimum absolute atomic E-state index is 0.0800. The van der Waals surface area contributed by atoms with Crippen molar-refractivity contribution >= 4 is 40.6 Å². The molecule has 0 aliphatic carbocycles. The number of amides is 2. The molecule has 0 aliphatic heterocycles. The van der Waals surface area contributed by atoms with Crippen LogP contribution in [0.25, 0.3) is 0 Å². The maximum atomic E-state index is 12.3. The van der Waals surface area contributed by atoms with E-state index in [9.17, 15) is 9.59 Å². The highest BCUT2D eigenvalue weighted by Crippen LogP contribution is 2.23. The Kier molecular flexibility index (Phi) is 5.10. The van der Waals surface area contributed by atoms with Crippen molar-refractivity contribution in [3.8, 4) is 0 Å². The summed E-state index contributed by atoms with van der Waals surface area (Å²) in [5.74, 6) is -0.150. The number of anilines is 1. The van der Waals surface area contributed by atoms with Gasteiger partial charge in [-0.2, -0.15) is 0 Å². The Morgan fingerprint density at radius 1 is 1.36 bits per heavy atom. The van der Waals surface area contributed by atoms with E-state index in [0.717, 1.165) is 16.9 Å². The van der Waals surface area contributed by atoms with Gasteiger partial charge >= 0.3 is 0 Å². The number of carbonyl (C=O) groups excluding carboxylic acids is 2. The van der Waals surface area contributed by atoms with E-state index in [1.165, 1.54) is 4.90 Å². The minimum Gasteiger partial charge on any atom is -0.332 e. The number of aryl methyl sites for hydroxylation is 2. The van der Waals surface area contributed by atoms with Crippen LogP contribution in [0.3, 0.4) is 0 Å². The molecule has 0 saturated carbocycles. The molecule has 2 aromatic heterocycles. The first-order valence-corrected chi connectivity index (χ1v) is 7.67. The Bertz CT molecular complexity index is 699. The molecule has 0 saturated heterocycles. The number of nitrogens with one attached hydrogen (secondary N) is 1. The molecule has 22 heavy (non-hydrogen) atoms. The smallest absolute Gasteiger partial charge is 0.266 e. The number of likely N-dealkylation sites (N-methyl/N-ethyl adjacent to an activating group) is 1. The number of thiazole rings is 1. The molecule has 0 radical (unpaired) electrons. The van der Waals surface area contributed by atoms with Crippen molar-refractivity contribution in [3.05, 3.63) is 38.9 Å². The van der Waals surface area contributed by atoms with Gasteiger partial charge in [0.1, 0.15) is 10.7 Å². The zero-order valence-corrected chi connectivity index (χ0v) is 14.0. The zero-order chi connectivity index (χ0) is 16.3. The molecule has 116 valence electrons. The average molecular weight is 339 g/mol. The van der Waals surface area contributed by atoms with Crippen LogP contribution in [0, 0.1) is 13.8 Å². The molecule has 2 rings (SSSR count). The molecule has 0 bridgehead atoms. The molecule has 6 nitrogen and oxygen atoms in total. The first kappa shape index (κ1) is 16.4. The van der Waals surface area contributed by atoms with Gasteiger partial charge < -0.3 is 10.2 Å². The number of halogens is 1. The predicted octanol–water partition coefficient (Wildman–Crippen LogP) is 2.52. The van der Waals surface area contributed by atoms with Crippen LogP contribution in [0.2, 0.25) is 4.47 Å². The van der Waals surface area contributed by atoms with Gasteiger partial charge in [0.05, 0.1) is 12.2 Å². The third kappa shape index (κ3) is 4.02. The molecule has 2 aromatic rings. The highest BCUT2D eigenvalue weighted by atomic mass is 35.5. The number of pyridine rings is 1. The standard InChI is InChI=1S/C14H15ClN4O2S/c1-8-4-5-10(16-6-8)18-11(20)7-19(3)13(21)12-9(2)17-14(15)22-12/h4-6H,7H2,1-3H3,(H,16,18,20). The summed E-state index contributed by atoms with van der Waals surface area (Å²) in [6.07, 6.45) is 1.66. The third-order valence-corrected chi connectivity index (χ3v) is 4.12. The summed E-state index contributed by atoms with van der Waals surface area (Å²) in [6, 6.07) is 3.56. The van der Waals surface area contributed by atoms with Gasteiger partial charge in [-0.3, -0.25) is 9.59 Å². The molecule has 2 amide bonds. The van der Waals surface area contributed by atoms with E-state index in [2.05, 4.69) is 15.3 Å². The van der Waals surface area contributed by atoms with Crippen molar-refractivity contribution in [1.82, 2.24) is 14.9 Å². The Morgan fingerprint density at radius 2 is 2.09 bits per heavy atom. The lowest BCUT2D eigenvalue weighted by Gasteiger charge is -2.16. The number of aromatic nitrogens is 2. The van der Waals surface area contributed by atoms with E-state index in [4.69, 9.17) is 11.6 Å². The number of carbonyl (C=O) groups is 2. The molecule has 2 heterocycles. The fourth-order valence-electron chi connectivity index (χ4n) is 1.75. The van der Waals surface area contributed by atoms with E-state index in [1.54, 1.807) is 26.2 Å². The van der Waals surface area contributed by atoms with E-state index in [1.807, 2.05) is 13.0 Å². The van der Waals surface area contributed by atoms with E-state index >= 15 is 0 Å². The zero-order valence-electron chi connectivity index (χ0n) is 12.4. The molecule has 0 unspecified atom stereocenters. The molecular formula is C14H15ClN4O2S. The number of nitrogens with zero attached hydrogens (tertiary/aromatic N) is 3. The summed E-state index contributed by atoms with van der Waals surface area (Å²) in [5, 5.41) is 2.64. The minimum atomic E-state index is -0.319. The van der Waals surface area contributed by atoms with Crippen molar-refractivity contribution in [2.75, 3.05) is 18.9 Å². The maximum absolute atomic E-state index is 12.3. The quantitative estimate of drug-likeness (QED) is 0.929. The Morgan fingerprint density at radius 3 is 2.64 bits per heavy atom. The van der Waals surface area contributed by atoms with Gasteiger partial charge in [0, 0.05) is 13.2 Å². The summed E-state index contributed by atoms with van der Waals surface area (Å²) in [4.78, 5) is 34.0. The number of hydrogen-bond acceptors (Lipinski definition) is 5. The Labute approximate surface area is 137 Å². The van der Waals surface area contributed by atoms with Crippen molar-refractivity contribution < 1.29 is 9.59 Å². The second-order valence-corrected chi connectivity index (χ2v) is 6.39. The lowest BCUT2D eigenvalue weighted by molar-refractivity contribution is -0.116. The van der Waals surface area contributed by atoms with Crippen molar-refractivity contribution in [1.29, 1.82) is 0 Å². The largest absolute Gasteiger partial charge is 0.332 e. The van der Waals surface area contributed by atoms with Crippen LogP contribution in [0.15, 0.2) is 18.3 Å². The summed E-state index contributed by atoms with van der Waals surface area (Å²) >= 11 is 6.89. The van der Waals surface area contributed by atoms with Crippen LogP contribution in [-0.4, -0.2) is 40.3 Å². The number of rotatable bonds is 4. The van der Waals surface area contributed by atoms with Crippen LogP contribution in [0.5, 0.6) is 0 Å². The highest BCUT2D eigenvalue weighted by molar-refractivity contribution is 7.17. The lowest BCUT2D eigenvalue weighted by Crippen LogP contribution is -2.35. The molecule has 0 fully saturated rings. The third-order valence-electron chi connectivity index (χ3n) is 2.87. The van der Waals surface area contributed by atoms with Gasteiger partial charge in [0.25, 0.3) is 5.91 Å². The molecule has 0 aliphatic rings. The maximum Gasteiger partial charge on any atom is 0.266 e. The van der Waals surface area contributed by atoms with Gasteiger partial charge in [-0.15, -0.1) is 0 Å². The molecule has 1 N–H and O–H groups in total. The summed E-state index contributed by atoms with van der Waals surface area (Å²) in [6.45, 7) is 3.54. The van der Waals surface area contributed by atoms with E-state index in [-0.39, 0.29) is 18.4 Å². The Hall–Kier alpha value is -1.99. The topological polar surface area (TPSA) is 75.2 Å². The number of hydrogen-bond donors (Lipinski definition) is 1. The Balaban J connectivity index is 1.97. The summed E-state index contributed by atoms with van der Waals surface area (Å²) < 4.78 is 0.308. The SMILES string of the molecule is Cc1ccc(NC(=O)CN(C)C(=O)c2sc(Cl)nc2C)nc1. The predicted molar refractivity (Wildman–Crippen MR) is 86.4 cm³/mol. The van der Waals surface area contributed by atoms with Crippen LogP contribution in [0.1, 0.15) is 20.9 Å². The molecular weight excluding hydrogens is 324 g/mol. The van der Waals surface area contributed by atoms with Gasteiger partial charge in [-0.1, -0.05) is 29.0 Å². The normalized spacial score (nSPS) is 10.4. The molecule has 0 atom stereocenters. The van der Waals surface area contributed by atoms with Gasteiger partial charge in [-0.25, -0.2) is 9.97 Å². The van der Waals surface area contributed by atoms with Gasteiger partial charge in [0.15, 0.2) is 4.47 Å². The van der Waals surface area contributed by atoms with E-state index in [0.29, 0.717) is 20.9 Å². The summed E-state index contributed by atoms with van der Waals surface area (Å²) in [5.41, 5.74) is 1.57. The second-order valence-electron chi connectivity index (χ2n) is 4.81. The molecule has 8 heteroatoms. The van der Waals surface area contributed by atoms with Crippen LogP contribution >= 0.6 is 22.9 Å². The second kappa shape index (κ2) is 6.85. The monoisotopic (exact) mass is 338 g/mol.